The molecule has 26 heavy (non-hydrogen) atoms. The van der Waals surface area contributed by atoms with E-state index in [1.54, 1.807) is 18.2 Å². The molecule has 7 heteroatoms. The highest BCUT2D eigenvalue weighted by Crippen LogP contribution is 2.28. The van der Waals surface area contributed by atoms with Gasteiger partial charge < -0.3 is 0 Å². The van der Waals surface area contributed by atoms with Gasteiger partial charge in [-0.1, -0.05) is 65.7 Å². The molecule has 0 radical (unpaired) electrons. The second kappa shape index (κ2) is 6.83. The summed E-state index contributed by atoms with van der Waals surface area (Å²) in [7, 11) is 0. The van der Waals surface area contributed by atoms with E-state index in [0.717, 1.165) is 12.0 Å². The highest BCUT2D eigenvalue weighted by molar-refractivity contribution is 7.15. The molecule has 0 aliphatic carbocycles. The first-order chi connectivity index (χ1) is 12.5. The number of aromatic nitrogens is 3. The van der Waals surface area contributed by atoms with E-state index in [-0.39, 0.29) is 5.56 Å². The summed E-state index contributed by atoms with van der Waals surface area (Å²) in [6, 6.07) is 13.2. The van der Waals surface area contributed by atoms with Crippen molar-refractivity contribution in [3.8, 4) is 11.4 Å². The molecule has 0 amide bonds. The van der Waals surface area contributed by atoms with Crippen LogP contribution in [0.1, 0.15) is 18.1 Å². The lowest BCUT2D eigenvalue weighted by Gasteiger charge is -1.99. The van der Waals surface area contributed by atoms with E-state index in [4.69, 9.17) is 23.2 Å². The van der Waals surface area contributed by atoms with Gasteiger partial charge in [-0.05, 0) is 41.8 Å². The Hall–Kier alpha value is -2.21. The van der Waals surface area contributed by atoms with E-state index < -0.39 is 0 Å². The Morgan fingerprint density at radius 3 is 2.58 bits per heavy atom. The number of thiazole rings is 1. The van der Waals surface area contributed by atoms with Crippen LogP contribution in [0.25, 0.3) is 22.4 Å². The summed E-state index contributed by atoms with van der Waals surface area (Å²) in [4.78, 5) is 17.6. The minimum Gasteiger partial charge on any atom is -0.266 e. The summed E-state index contributed by atoms with van der Waals surface area (Å²) < 4.78 is 1.91. The van der Waals surface area contributed by atoms with Crippen LogP contribution >= 0.6 is 34.5 Å². The van der Waals surface area contributed by atoms with Gasteiger partial charge in [0, 0.05) is 10.6 Å². The number of hydrogen-bond acceptors (Lipinski definition) is 4. The van der Waals surface area contributed by atoms with Gasteiger partial charge in [0.15, 0.2) is 5.82 Å². The standard InChI is InChI=1S/C19H13Cl2N3OS/c1-2-11-3-5-12(6-4-11)9-16-18(25)24-19(26-16)22-17(23-24)14-8-7-13(20)10-15(14)21/h3-10H,2H2,1H3/b16-9-. The highest BCUT2D eigenvalue weighted by atomic mass is 35.5. The molecule has 2 heterocycles. The topological polar surface area (TPSA) is 47.3 Å². The van der Waals surface area contributed by atoms with Crippen LogP contribution in [0.4, 0.5) is 0 Å². The molecule has 0 saturated heterocycles. The smallest absolute Gasteiger partial charge is 0.266 e. The maximum absolute atomic E-state index is 12.6. The average Bonchev–Trinajstić information content (AvgIpc) is 3.15. The van der Waals surface area contributed by atoms with Crippen LogP contribution in [0.3, 0.4) is 0 Å². The molecule has 0 bridgehead atoms. The predicted molar refractivity (Wildman–Crippen MR) is 107 cm³/mol. The molecule has 0 aliphatic rings. The minimum atomic E-state index is -0.187. The zero-order valence-electron chi connectivity index (χ0n) is 13.7. The summed E-state index contributed by atoms with van der Waals surface area (Å²) in [5.41, 5.74) is 2.70. The van der Waals surface area contributed by atoms with Crippen molar-refractivity contribution in [2.75, 3.05) is 0 Å². The highest BCUT2D eigenvalue weighted by Gasteiger charge is 2.14. The van der Waals surface area contributed by atoms with Crippen molar-refractivity contribution < 1.29 is 0 Å². The van der Waals surface area contributed by atoms with Crippen LogP contribution in [-0.2, 0) is 6.42 Å². The zero-order chi connectivity index (χ0) is 18.3. The molecule has 2 aromatic heterocycles. The molecule has 0 aliphatic heterocycles. The molecular formula is C19H13Cl2N3OS. The van der Waals surface area contributed by atoms with Crippen LogP contribution in [-0.4, -0.2) is 14.6 Å². The van der Waals surface area contributed by atoms with Crippen LogP contribution in [0, 0.1) is 0 Å². The van der Waals surface area contributed by atoms with Crippen LogP contribution < -0.4 is 10.1 Å². The third-order valence-electron chi connectivity index (χ3n) is 4.04. The number of hydrogen-bond donors (Lipinski definition) is 0. The largest absolute Gasteiger partial charge is 0.291 e. The Morgan fingerprint density at radius 1 is 1.15 bits per heavy atom. The summed E-state index contributed by atoms with van der Waals surface area (Å²) in [5, 5.41) is 5.31. The number of benzene rings is 2. The number of halogens is 2. The Labute approximate surface area is 163 Å². The van der Waals surface area contributed by atoms with Crippen molar-refractivity contribution in [1.82, 2.24) is 14.6 Å². The molecule has 4 aromatic rings. The van der Waals surface area contributed by atoms with Crippen molar-refractivity contribution in [2.24, 2.45) is 0 Å². The third kappa shape index (κ3) is 3.14. The SMILES string of the molecule is CCc1ccc(/C=c2\sc3nc(-c4ccc(Cl)cc4Cl)nn3c2=O)cc1. The van der Waals surface area contributed by atoms with Gasteiger partial charge in [0.2, 0.25) is 4.96 Å². The zero-order valence-corrected chi connectivity index (χ0v) is 16.1. The monoisotopic (exact) mass is 401 g/mol. The molecule has 0 unspecified atom stereocenters. The normalized spacial score (nSPS) is 12.2. The first kappa shape index (κ1) is 17.2. The molecule has 2 aromatic carbocycles. The fraction of sp³-hybridized carbons (Fsp3) is 0.105. The molecule has 0 saturated carbocycles. The van der Waals surface area contributed by atoms with Gasteiger partial charge in [-0.15, -0.1) is 5.10 Å². The third-order valence-corrected chi connectivity index (χ3v) is 5.55. The molecule has 0 N–H and O–H groups in total. The summed E-state index contributed by atoms with van der Waals surface area (Å²) in [5.74, 6) is 0.411. The Kier molecular flexibility index (Phi) is 4.53. The van der Waals surface area contributed by atoms with Crippen molar-refractivity contribution in [3.05, 3.63) is 78.5 Å². The van der Waals surface area contributed by atoms with Gasteiger partial charge >= 0.3 is 0 Å². The van der Waals surface area contributed by atoms with E-state index in [1.807, 2.05) is 18.2 Å². The number of aryl methyl sites for hydroxylation is 1. The van der Waals surface area contributed by atoms with Gasteiger partial charge in [0.1, 0.15) is 0 Å². The van der Waals surface area contributed by atoms with Crippen LogP contribution in [0.15, 0.2) is 47.3 Å². The van der Waals surface area contributed by atoms with Crippen molar-refractivity contribution in [2.45, 2.75) is 13.3 Å². The van der Waals surface area contributed by atoms with E-state index in [2.05, 4.69) is 29.1 Å². The first-order valence-corrected chi connectivity index (χ1v) is 9.58. The molecule has 0 fully saturated rings. The lowest BCUT2D eigenvalue weighted by atomic mass is 10.1. The number of rotatable bonds is 3. The Balaban J connectivity index is 1.78. The van der Waals surface area contributed by atoms with Crippen molar-refractivity contribution in [3.63, 3.8) is 0 Å². The first-order valence-electron chi connectivity index (χ1n) is 8.01. The molecule has 0 spiro atoms. The Morgan fingerprint density at radius 2 is 1.92 bits per heavy atom. The van der Waals surface area contributed by atoms with Crippen LogP contribution in [0.5, 0.6) is 0 Å². The van der Waals surface area contributed by atoms with E-state index in [1.165, 1.54) is 21.4 Å². The maximum Gasteiger partial charge on any atom is 0.291 e. The molecule has 4 nitrogen and oxygen atoms in total. The fourth-order valence-corrected chi connectivity index (χ4v) is 4.02. The second-order valence-corrected chi connectivity index (χ2v) is 7.62. The summed E-state index contributed by atoms with van der Waals surface area (Å²) in [6.07, 6.45) is 2.84. The van der Waals surface area contributed by atoms with Crippen LogP contribution in [0.2, 0.25) is 10.0 Å². The lowest BCUT2D eigenvalue weighted by Crippen LogP contribution is -2.23. The van der Waals surface area contributed by atoms with Gasteiger partial charge in [-0.25, -0.2) is 0 Å². The molecule has 4 rings (SSSR count). The molecular weight excluding hydrogens is 389 g/mol. The molecule has 130 valence electrons. The fourth-order valence-electron chi connectivity index (χ4n) is 2.62. The maximum atomic E-state index is 12.6. The van der Waals surface area contributed by atoms with E-state index in [0.29, 0.717) is 30.9 Å². The van der Waals surface area contributed by atoms with Gasteiger partial charge in [-0.3, -0.25) is 4.79 Å². The lowest BCUT2D eigenvalue weighted by molar-refractivity contribution is 0.937. The quantitative estimate of drug-likeness (QED) is 0.515. The van der Waals surface area contributed by atoms with E-state index >= 15 is 0 Å². The second-order valence-electron chi connectivity index (χ2n) is 5.76. The molecule has 0 atom stereocenters. The van der Waals surface area contributed by atoms with Gasteiger partial charge in [0.05, 0.1) is 9.55 Å². The van der Waals surface area contributed by atoms with E-state index in [9.17, 15) is 4.79 Å². The minimum absolute atomic E-state index is 0.187. The van der Waals surface area contributed by atoms with Gasteiger partial charge in [-0.2, -0.15) is 9.50 Å². The van der Waals surface area contributed by atoms with Crippen molar-refractivity contribution >= 4 is 45.6 Å². The summed E-state index contributed by atoms with van der Waals surface area (Å²) in [6.45, 7) is 2.11. The average molecular weight is 402 g/mol. The Bertz CT molecular complexity index is 1210. The summed E-state index contributed by atoms with van der Waals surface area (Å²) >= 11 is 13.4. The predicted octanol–water partition coefficient (Wildman–Crippen LogP) is 4.23. The number of fused-ring (bicyclic) bond motifs is 1. The number of nitrogens with zero attached hydrogens (tertiary/aromatic N) is 3. The van der Waals surface area contributed by atoms with Gasteiger partial charge in [0.25, 0.3) is 5.56 Å². The van der Waals surface area contributed by atoms with Crippen molar-refractivity contribution in [1.29, 1.82) is 0 Å².